The van der Waals surface area contributed by atoms with Crippen LogP contribution in [0.25, 0.3) is 21.9 Å². The molecule has 2 aromatic heterocycles. The van der Waals surface area contributed by atoms with E-state index in [2.05, 4.69) is 15.4 Å². The molecule has 0 atom stereocenters. The molecule has 0 fully saturated rings. The predicted molar refractivity (Wildman–Crippen MR) is 102 cm³/mol. The maximum atomic E-state index is 12.2. The minimum Gasteiger partial charge on any atom is -0.349 e. The molecule has 132 valence electrons. The minimum atomic E-state index is -0.0327. The largest absolute Gasteiger partial charge is 0.349 e. The van der Waals surface area contributed by atoms with Crippen LogP contribution in [0, 0.1) is 0 Å². The summed E-state index contributed by atoms with van der Waals surface area (Å²) in [5.41, 5.74) is 2.96. The number of imidazole rings is 1. The van der Waals surface area contributed by atoms with Crippen molar-refractivity contribution in [3.63, 3.8) is 0 Å². The highest BCUT2D eigenvalue weighted by molar-refractivity contribution is 6.31. The van der Waals surface area contributed by atoms with Crippen LogP contribution in [-0.4, -0.2) is 25.2 Å². The third-order valence-electron chi connectivity index (χ3n) is 4.48. The lowest BCUT2D eigenvalue weighted by molar-refractivity contribution is -0.121. The Labute approximate surface area is 155 Å². The Bertz CT molecular complexity index is 1100. The minimum absolute atomic E-state index is 0.0327. The Morgan fingerprint density at radius 1 is 1.19 bits per heavy atom. The summed E-state index contributed by atoms with van der Waals surface area (Å²) in [6.07, 6.45) is 2.11. The lowest BCUT2D eigenvalue weighted by atomic mass is 10.2. The summed E-state index contributed by atoms with van der Waals surface area (Å²) in [5.74, 6) is 0.799. The third kappa shape index (κ3) is 3.15. The Balaban J connectivity index is 1.38. The lowest BCUT2D eigenvalue weighted by Gasteiger charge is -2.07. The Hall–Kier alpha value is -2.86. The summed E-state index contributed by atoms with van der Waals surface area (Å²) >= 11 is 5.99. The van der Waals surface area contributed by atoms with E-state index in [9.17, 15) is 4.79 Å². The van der Waals surface area contributed by atoms with Gasteiger partial charge in [0.2, 0.25) is 5.91 Å². The van der Waals surface area contributed by atoms with Gasteiger partial charge in [-0.05, 0) is 30.3 Å². The van der Waals surface area contributed by atoms with E-state index >= 15 is 0 Å². The summed E-state index contributed by atoms with van der Waals surface area (Å²) in [4.78, 5) is 16.8. The molecule has 0 radical (unpaired) electrons. The smallest absolute Gasteiger partial charge is 0.222 e. The first-order chi connectivity index (χ1) is 12.6. The topological polar surface area (TPSA) is 64.7 Å². The number of hydrogen-bond acceptors (Lipinski definition) is 3. The Morgan fingerprint density at radius 2 is 2.04 bits per heavy atom. The number of carbonyl (C=O) groups is 1. The van der Waals surface area contributed by atoms with E-state index in [1.54, 1.807) is 6.20 Å². The molecule has 0 unspecified atom stereocenters. The summed E-state index contributed by atoms with van der Waals surface area (Å²) < 4.78 is 3.82. The van der Waals surface area contributed by atoms with Crippen LogP contribution in [0.4, 0.5) is 0 Å². The van der Waals surface area contributed by atoms with E-state index in [1.165, 1.54) is 0 Å². The summed E-state index contributed by atoms with van der Waals surface area (Å²) in [5, 5.41) is 8.92. The molecule has 7 heteroatoms. The van der Waals surface area contributed by atoms with Crippen LogP contribution in [0.2, 0.25) is 5.02 Å². The van der Waals surface area contributed by atoms with Gasteiger partial charge in [0.15, 0.2) is 0 Å². The third-order valence-corrected chi connectivity index (χ3v) is 4.71. The molecule has 2 aromatic carbocycles. The number of amides is 1. The van der Waals surface area contributed by atoms with Gasteiger partial charge in [-0.25, -0.2) is 4.98 Å². The van der Waals surface area contributed by atoms with Gasteiger partial charge in [0.25, 0.3) is 0 Å². The molecule has 4 aromatic rings. The lowest BCUT2D eigenvalue weighted by Crippen LogP contribution is -2.25. The molecule has 0 saturated heterocycles. The number of hydrogen-bond donors (Lipinski definition) is 1. The molecule has 4 rings (SSSR count). The molecule has 0 aliphatic heterocycles. The number of nitrogens with one attached hydrogen (secondary N) is 1. The second-order valence-electron chi connectivity index (χ2n) is 6.17. The van der Waals surface area contributed by atoms with E-state index < -0.39 is 0 Å². The first kappa shape index (κ1) is 16.6. The molecule has 0 spiro atoms. The molecular weight excluding hydrogens is 350 g/mol. The highest BCUT2D eigenvalue weighted by Crippen LogP contribution is 2.19. The zero-order valence-electron chi connectivity index (χ0n) is 14.3. The van der Waals surface area contributed by atoms with Crippen molar-refractivity contribution in [1.82, 2.24) is 24.6 Å². The second kappa shape index (κ2) is 6.80. The average Bonchev–Trinajstić information content (AvgIpc) is 3.19. The van der Waals surface area contributed by atoms with E-state index in [1.807, 2.05) is 58.8 Å². The van der Waals surface area contributed by atoms with Crippen LogP contribution in [-0.2, 0) is 24.9 Å². The SMILES string of the molecule is Cn1c(CNC(=O)CCn2ncc3cc(Cl)ccc32)nc2ccccc21. The molecule has 0 saturated carbocycles. The van der Waals surface area contributed by atoms with Crippen molar-refractivity contribution in [2.45, 2.75) is 19.5 Å². The maximum absolute atomic E-state index is 12.2. The zero-order valence-corrected chi connectivity index (χ0v) is 15.1. The van der Waals surface area contributed by atoms with Crippen molar-refractivity contribution < 1.29 is 4.79 Å². The molecule has 1 N–H and O–H groups in total. The van der Waals surface area contributed by atoms with Gasteiger partial charge in [-0.3, -0.25) is 9.48 Å². The highest BCUT2D eigenvalue weighted by atomic mass is 35.5. The van der Waals surface area contributed by atoms with Crippen molar-refractivity contribution in [1.29, 1.82) is 0 Å². The maximum Gasteiger partial charge on any atom is 0.222 e. The zero-order chi connectivity index (χ0) is 18.1. The van der Waals surface area contributed by atoms with Gasteiger partial charge in [0.05, 0.1) is 35.8 Å². The van der Waals surface area contributed by atoms with Crippen LogP contribution in [0.3, 0.4) is 0 Å². The molecule has 0 aliphatic rings. The van der Waals surface area contributed by atoms with E-state index in [-0.39, 0.29) is 5.91 Å². The Kier molecular flexibility index (Phi) is 4.34. The number of para-hydroxylation sites is 2. The van der Waals surface area contributed by atoms with Gasteiger partial charge in [-0.15, -0.1) is 0 Å². The fourth-order valence-corrected chi connectivity index (χ4v) is 3.24. The van der Waals surface area contributed by atoms with Gasteiger partial charge < -0.3 is 9.88 Å². The number of aryl methyl sites for hydroxylation is 2. The second-order valence-corrected chi connectivity index (χ2v) is 6.61. The average molecular weight is 368 g/mol. The molecule has 0 bridgehead atoms. The van der Waals surface area contributed by atoms with E-state index in [0.717, 1.165) is 27.8 Å². The van der Waals surface area contributed by atoms with Gasteiger partial charge >= 0.3 is 0 Å². The van der Waals surface area contributed by atoms with Crippen molar-refractivity contribution in [3.05, 3.63) is 59.5 Å². The summed E-state index contributed by atoms with van der Waals surface area (Å²) in [7, 11) is 1.96. The molecular formula is C19H18ClN5O. The van der Waals surface area contributed by atoms with E-state index in [0.29, 0.717) is 24.5 Å². The van der Waals surface area contributed by atoms with Gasteiger partial charge in [-0.1, -0.05) is 23.7 Å². The number of carbonyl (C=O) groups excluding carboxylic acids is 1. The molecule has 1 amide bonds. The number of aromatic nitrogens is 4. The number of fused-ring (bicyclic) bond motifs is 2. The van der Waals surface area contributed by atoms with Crippen molar-refractivity contribution in [2.75, 3.05) is 0 Å². The summed E-state index contributed by atoms with van der Waals surface area (Å²) in [6, 6.07) is 13.5. The van der Waals surface area contributed by atoms with Crippen LogP contribution >= 0.6 is 11.6 Å². The van der Waals surface area contributed by atoms with Gasteiger partial charge in [0, 0.05) is 23.9 Å². The molecule has 0 aliphatic carbocycles. The Morgan fingerprint density at radius 3 is 2.88 bits per heavy atom. The molecule has 6 nitrogen and oxygen atoms in total. The van der Waals surface area contributed by atoms with Gasteiger partial charge in [-0.2, -0.15) is 5.10 Å². The first-order valence-electron chi connectivity index (χ1n) is 8.40. The van der Waals surface area contributed by atoms with Crippen LogP contribution in [0.15, 0.2) is 48.7 Å². The van der Waals surface area contributed by atoms with Crippen molar-refractivity contribution in [3.8, 4) is 0 Å². The molecule has 26 heavy (non-hydrogen) atoms. The standard InChI is InChI=1S/C19H18ClN5O/c1-24-17-5-3-2-4-15(17)23-18(24)12-21-19(26)8-9-25-16-7-6-14(20)10-13(16)11-22-25/h2-7,10-11H,8-9,12H2,1H3,(H,21,26). The fourth-order valence-electron chi connectivity index (χ4n) is 3.06. The monoisotopic (exact) mass is 367 g/mol. The number of nitrogens with zero attached hydrogens (tertiary/aromatic N) is 4. The number of benzene rings is 2. The van der Waals surface area contributed by atoms with Crippen LogP contribution < -0.4 is 5.32 Å². The van der Waals surface area contributed by atoms with Crippen molar-refractivity contribution >= 4 is 39.4 Å². The van der Waals surface area contributed by atoms with Crippen LogP contribution in [0.1, 0.15) is 12.2 Å². The highest BCUT2D eigenvalue weighted by Gasteiger charge is 2.10. The van der Waals surface area contributed by atoms with Gasteiger partial charge in [0.1, 0.15) is 5.82 Å². The first-order valence-corrected chi connectivity index (χ1v) is 8.78. The van der Waals surface area contributed by atoms with E-state index in [4.69, 9.17) is 11.6 Å². The predicted octanol–water partition coefficient (Wildman–Crippen LogP) is 3.28. The normalized spacial score (nSPS) is 11.3. The number of rotatable bonds is 5. The number of halogens is 1. The molecule has 2 heterocycles. The van der Waals surface area contributed by atoms with Crippen LogP contribution in [0.5, 0.6) is 0 Å². The fraction of sp³-hybridized carbons (Fsp3) is 0.211. The van der Waals surface area contributed by atoms with Crippen molar-refractivity contribution in [2.24, 2.45) is 7.05 Å². The quantitative estimate of drug-likeness (QED) is 0.588. The summed E-state index contributed by atoms with van der Waals surface area (Å²) in [6.45, 7) is 0.916.